The minimum Gasteiger partial charge on any atom is -0.260 e. The first-order valence-corrected chi connectivity index (χ1v) is 5.75. The van der Waals surface area contributed by atoms with Crippen LogP contribution in [-0.2, 0) is 15.5 Å². The minimum absolute atomic E-state index is 0.106. The van der Waals surface area contributed by atoms with E-state index in [0.29, 0.717) is 12.1 Å². The maximum atomic E-state index is 10.9. The van der Waals surface area contributed by atoms with Crippen molar-refractivity contribution >= 4 is 19.7 Å². The fraction of sp³-hybridized carbons (Fsp3) is 0.286. The molecule has 0 aliphatic carbocycles. The van der Waals surface area contributed by atoms with Crippen molar-refractivity contribution in [3.63, 3.8) is 0 Å². The molecular weight excluding hydrogens is 198 g/mol. The van der Waals surface area contributed by atoms with Crippen LogP contribution in [0, 0.1) is 0 Å². The third-order valence-electron chi connectivity index (χ3n) is 1.45. The largest absolute Gasteiger partial charge is 0.263 e. The summed E-state index contributed by atoms with van der Waals surface area (Å²) in [5, 5.41) is 0. The van der Waals surface area contributed by atoms with Gasteiger partial charge in [-0.15, -0.1) is 0 Å². The molecule has 0 fully saturated rings. The number of pyridine rings is 1. The van der Waals surface area contributed by atoms with Crippen LogP contribution in [0.15, 0.2) is 23.2 Å². The van der Waals surface area contributed by atoms with Gasteiger partial charge in [0.2, 0.25) is 0 Å². The van der Waals surface area contributed by atoms with E-state index in [-0.39, 0.29) is 4.90 Å². The van der Waals surface area contributed by atoms with Gasteiger partial charge in [0.1, 0.15) is 4.90 Å². The molecule has 1 aromatic rings. The normalized spacial score (nSPS) is 11.5. The molecule has 5 heteroatoms. The van der Waals surface area contributed by atoms with Gasteiger partial charge in [-0.2, -0.15) is 0 Å². The first kappa shape index (κ1) is 9.48. The molecule has 0 aliphatic heterocycles. The number of rotatable bonds is 2. The Hall–Kier alpha value is -0.610. The summed E-state index contributed by atoms with van der Waals surface area (Å²) >= 11 is 0. The van der Waals surface area contributed by atoms with E-state index in [0.717, 1.165) is 0 Å². The SMILES string of the molecule is CCc1ncccc1S(=O)(=O)Cl. The van der Waals surface area contributed by atoms with Gasteiger partial charge in [-0.25, -0.2) is 8.42 Å². The van der Waals surface area contributed by atoms with Gasteiger partial charge in [-0.1, -0.05) is 6.92 Å². The highest BCUT2D eigenvalue weighted by Gasteiger charge is 2.14. The van der Waals surface area contributed by atoms with Gasteiger partial charge in [0, 0.05) is 16.9 Å². The molecule has 3 nitrogen and oxygen atoms in total. The van der Waals surface area contributed by atoms with Gasteiger partial charge in [0.15, 0.2) is 0 Å². The van der Waals surface area contributed by atoms with Gasteiger partial charge in [-0.05, 0) is 18.6 Å². The maximum absolute atomic E-state index is 10.9. The standard InChI is InChI=1S/C7H8ClNO2S/c1-2-6-7(12(8,10)11)4-3-5-9-6/h3-5H,2H2,1H3. The summed E-state index contributed by atoms with van der Waals surface area (Å²) in [6.45, 7) is 1.83. The molecule has 1 heterocycles. The van der Waals surface area contributed by atoms with Gasteiger partial charge in [0.05, 0.1) is 5.69 Å². The predicted octanol–water partition coefficient (Wildman–Crippen LogP) is 1.57. The molecule has 1 rings (SSSR count). The van der Waals surface area contributed by atoms with E-state index in [1.807, 2.05) is 6.92 Å². The molecule has 66 valence electrons. The first-order chi connectivity index (χ1) is 5.55. The lowest BCUT2D eigenvalue weighted by Crippen LogP contribution is -1.98. The Labute approximate surface area is 75.8 Å². The molecule has 0 saturated carbocycles. The van der Waals surface area contributed by atoms with Crippen LogP contribution in [0.25, 0.3) is 0 Å². The molecular formula is C7H8ClNO2S. The quantitative estimate of drug-likeness (QED) is 0.689. The zero-order chi connectivity index (χ0) is 9.19. The maximum Gasteiger partial charge on any atom is 0.263 e. The van der Waals surface area contributed by atoms with Crippen molar-refractivity contribution in [3.05, 3.63) is 24.0 Å². The van der Waals surface area contributed by atoms with E-state index in [2.05, 4.69) is 4.98 Å². The molecule has 1 aromatic heterocycles. The second-order valence-electron chi connectivity index (χ2n) is 2.24. The lowest BCUT2D eigenvalue weighted by molar-refractivity contribution is 0.608. The molecule has 0 amide bonds. The van der Waals surface area contributed by atoms with Crippen molar-refractivity contribution in [2.45, 2.75) is 18.2 Å². The van der Waals surface area contributed by atoms with Crippen molar-refractivity contribution in [2.75, 3.05) is 0 Å². The molecule has 0 N–H and O–H groups in total. The molecule has 0 unspecified atom stereocenters. The summed E-state index contributed by atoms with van der Waals surface area (Å²) in [5.41, 5.74) is 0.507. The van der Waals surface area contributed by atoms with Gasteiger partial charge in [-0.3, -0.25) is 4.98 Å². The van der Waals surface area contributed by atoms with E-state index in [1.54, 1.807) is 12.3 Å². The van der Waals surface area contributed by atoms with E-state index in [9.17, 15) is 8.42 Å². The van der Waals surface area contributed by atoms with Crippen LogP contribution in [0.2, 0.25) is 0 Å². The average molecular weight is 206 g/mol. The number of aryl methyl sites for hydroxylation is 1. The Morgan fingerprint density at radius 2 is 2.25 bits per heavy atom. The van der Waals surface area contributed by atoms with Crippen LogP contribution < -0.4 is 0 Å². The number of halogens is 1. The number of aromatic nitrogens is 1. The highest BCUT2D eigenvalue weighted by atomic mass is 35.7. The van der Waals surface area contributed by atoms with Crippen molar-refractivity contribution in [3.8, 4) is 0 Å². The predicted molar refractivity (Wildman–Crippen MR) is 46.7 cm³/mol. The van der Waals surface area contributed by atoms with E-state index >= 15 is 0 Å². The molecule has 0 aromatic carbocycles. The summed E-state index contributed by atoms with van der Waals surface area (Å²) in [7, 11) is 1.54. The minimum atomic E-state index is -3.64. The summed E-state index contributed by atoms with van der Waals surface area (Å²) in [5.74, 6) is 0. The second kappa shape index (κ2) is 3.41. The van der Waals surface area contributed by atoms with Gasteiger partial charge >= 0.3 is 0 Å². The fourth-order valence-electron chi connectivity index (χ4n) is 0.911. The van der Waals surface area contributed by atoms with Crippen LogP contribution in [0.1, 0.15) is 12.6 Å². The lowest BCUT2D eigenvalue weighted by atomic mass is 10.3. The Balaban J connectivity index is 3.33. The number of hydrogen-bond acceptors (Lipinski definition) is 3. The molecule has 0 aliphatic rings. The Bertz CT molecular complexity index is 375. The van der Waals surface area contributed by atoms with Crippen LogP contribution in [0.4, 0.5) is 0 Å². The highest BCUT2D eigenvalue weighted by molar-refractivity contribution is 8.13. The third-order valence-corrected chi connectivity index (χ3v) is 2.84. The summed E-state index contributed by atoms with van der Waals surface area (Å²) in [6, 6.07) is 3.00. The van der Waals surface area contributed by atoms with Crippen LogP contribution >= 0.6 is 10.7 Å². The Morgan fingerprint density at radius 1 is 1.58 bits per heavy atom. The highest BCUT2D eigenvalue weighted by Crippen LogP contribution is 2.17. The Morgan fingerprint density at radius 3 is 2.67 bits per heavy atom. The second-order valence-corrected chi connectivity index (χ2v) is 4.77. The van der Waals surface area contributed by atoms with Crippen molar-refractivity contribution in [1.82, 2.24) is 4.98 Å². The van der Waals surface area contributed by atoms with Crippen molar-refractivity contribution in [2.24, 2.45) is 0 Å². The summed E-state index contributed by atoms with van der Waals surface area (Å²) in [4.78, 5) is 4.01. The first-order valence-electron chi connectivity index (χ1n) is 3.44. The smallest absolute Gasteiger partial charge is 0.260 e. The van der Waals surface area contributed by atoms with Gasteiger partial charge < -0.3 is 0 Å². The average Bonchev–Trinajstić information content (AvgIpc) is 2.03. The lowest BCUT2D eigenvalue weighted by Gasteiger charge is -2.00. The third kappa shape index (κ3) is 1.95. The molecule has 12 heavy (non-hydrogen) atoms. The topological polar surface area (TPSA) is 47.0 Å². The van der Waals surface area contributed by atoms with E-state index in [1.165, 1.54) is 6.07 Å². The summed E-state index contributed by atoms with van der Waals surface area (Å²) in [6.07, 6.45) is 2.10. The Kier molecular flexibility index (Phi) is 2.69. The fourth-order valence-corrected chi connectivity index (χ4v) is 2.05. The molecule has 0 saturated heterocycles. The number of hydrogen-bond donors (Lipinski definition) is 0. The van der Waals surface area contributed by atoms with Crippen molar-refractivity contribution in [1.29, 1.82) is 0 Å². The zero-order valence-electron chi connectivity index (χ0n) is 6.49. The van der Waals surface area contributed by atoms with Gasteiger partial charge in [0.25, 0.3) is 9.05 Å². The van der Waals surface area contributed by atoms with E-state index in [4.69, 9.17) is 10.7 Å². The van der Waals surface area contributed by atoms with E-state index < -0.39 is 9.05 Å². The monoisotopic (exact) mass is 205 g/mol. The molecule has 0 bridgehead atoms. The zero-order valence-corrected chi connectivity index (χ0v) is 8.06. The number of nitrogens with zero attached hydrogens (tertiary/aromatic N) is 1. The van der Waals surface area contributed by atoms with Crippen LogP contribution in [0.3, 0.4) is 0 Å². The molecule has 0 radical (unpaired) electrons. The van der Waals surface area contributed by atoms with Crippen LogP contribution in [0.5, 0.6) is 0 Å². The summed E-state index contributed by atoms with van der Waals surface area (Å²) < 4.78 is 21.9. The van der Waals surface area contributed by atoms with Crippen molar-refractivity contribution < 1.29 is 8.42 Å². The molecule has 0 atom stereocenters. The molecule has 0 spiro atoms. The van der Waals surface area contributed by atoms with Crippen LogP contribution in [-0.4, -0.2) is 13.4 Å².